The molecule has 1 aliphatic carbocycles. The topological polar surface area (TPSA) is 69.1 Å². The van der Waals surface area contributed by atoms with Gasteiger partial charge in [-0.1, -0.05) is 18.3 Å². The third kappa shape index (κ3) is 1.69. The number of aryl methyl sites for hydroxylation is 2. The van der Waals surface area contributed by atoms with Crippen LogP contribution in [0, 0.1) is 0 Å². The van der Waals surface area contributed by atoms with Crippen LogP contribution in [-0.2, 0) is 19.3 Å². The summed E-state index contributed by atoms with van der Waals surface area (Å²) in [4.78, 5) is 2.30. The summed E-state index contributed by atoms with van der Waals surface area (Å²) in [5.74, 6) is 0.908. The highest BCUT2D eigenvalue weighted by atomic mass is 32.1. The quantitative estimate of drug-likeness (QED) is 0.790. The minimum absolute atomic E-state index is 0.835. The van der Waals surface area contributed by atoms with Crippen molar-refractivity contribution in [1.82, 2.24) is 19.8 Å². The van der Waals surface area contributed by atoms with Crippen molar-refractivity contribution in [3.8, 4) is 10.6 Å². The van der Waals surface area contributed by atoms with Gasteiger partial charge in [-0.2, -0.15) is 9.61 Å². The summed E-state index contributed by atoms with van der Waals surface area (Å²) in [7, 11) is 0. The fourth-order valence-corrected chi connectivity index (χ4v) is 4.97. The highest BCUT2D eigenvalue weighted by molar-refractivity contribution is 7.21. The lowest BCUT2D eigenvalue weighted by molar-refractivity contribution is 0.698. The van der Waals surface area contributed by atoms with E-state index in [1.807, 2.05) is 4.52 Å². The summed E-state index contributed by atoms with van der Waals surface area (Å²) < 4.78 is 1.85. The van der Waals surface area contributed by atoms with Gasteiger partial charge < -0.3 is 5.73 Å². The molecule has 0 aromatic carbocycles. The van der Waals surface area contributed by atoms with Gasteiger partial charge >= 0.3 is 0 Å². The predicted octanol–water partition coefficient (Wildman–Crippen LogP) is 2.94. The molecule has 4 rings (SSSR count). The number of nitrogens with two attached hydrogens (primary N) is 1. The lowest BCUT2D eigenvalue weighted by Gasteiger charge is -2.11. The molecule has 0 unspecified atom stereocenters. The Balaban J connectivity index is 1.90. The molecule has 0 saturated carbocycles. The monoisotopic (exact) mass is 305 g/mol. The molecule has 0 radical (unpaired) electrons. The first kappa shape index (κ1) is 12.3. The van der Waals surface area contributed by atoms with Crippen LogP contribution in [0.3, 0.4) is 0 Å². The summed E-state index contributed by atoms with van der Waals surface area (Å²) >= 11 is 3.32. The van der Waals surface area contributed by atoms with Crippen LogP contribution in [0.2, 0.25) is 0 Å². The van der Waals surface area contributed by atoms with E-state index in [0.29, 0.717) is 0 Å². The Labute approximate surface area is 124 Å². The van der Waals surface area contributed by atoms with Crippen molar-refractivity contribution in [1.29, 1.82) is 0 Å². The molecule has 5 nitrogen and oxygen atoms in total. The summed E-state index contributed by atoms with van der Waals surface area (Å²) in [6, 6.07) is 0. The fourth-order valence-electron chi connectivity index (χ4n) is 2.80. The van der Waals surface area contributed by atoms with Crippen LogP contribution < -0.4 is 5.73 Å². The molecule has 0 amide bonds. The Bertz CT molecular complexity index is 782. The predicted molar refractivity (Wildman–Crippen MR) is 82.4 cm³/mol. The molecule has 1 aliphatic rings. The van der Waals surface area contributed by atoms with Crippen LogP contribution in [0.5, 0.6) is 0 Å². The third-order valence-corrected chi connectivity index (χ3v) is 5.82. The Kier molecular flexibility index (Phi) is 2.78. The van der Waals surface area contributed by atoms with E-state index >= 15 is 0 Å². The summed E-state index contributed by atoms with van der Waals surface area (Å²) in [6.07, 6.45) is 5.65. The van der Waals surface area contributed by atoms with Gasteiger partial charge in [0.1, 0.15) is 0 Å². The normalized spacial score (nSPS) is 14.8. The van der Waals surface area contributed by atoms with Crippen LogP contribution in [-0.4, -0.2) is 19.8 Å². The molecule has 0 saturated heterocycles. The number of nitrogen functional groups attached to an aromatic ring is 1. The van der Waals surface area contributed by atoms with Crippen molar-refractivity contribution in [3.05, 3.63) is 16.3 Å². The van der Waals surface area contributed by atoms with Crippen molar-refractivity contribution in [2.24, 2.45) is 0 Å². The third-order valence-electron chi connectivity index (χ3n) is 3.78. The van der Waals surface area contributed by atoms with E-state index in [4.69, 9.17) is 10.8 Å². The molecule has 0 fully saturated rings. The molecular weight excluding hydrogens is 290 g/mol. The standard InChI is InChI=1S/C13H15N5S2/c1-2-9-15-16-13-18(9)17-12(20-13)10-7-5-3-4-6-8(7)19-11(10)14/h2-6,14H2,1H3. The molecule has 0 atom stereocenters. The molecule has 3 aromatic heterocycles. The zero-order chi connectivity index (χ0) is 13.7. The molecule has 104 valence electrons. The maximum Gasteiger partial charge on any atom is 0.234 e. The average molecular weight is 305 g/mol. The maximum atomic E-state index is 6.25. The van der Waals surface area contributed by atoms with Gasteiger partial charge in [-0.3, -0.25) is 0 Å². The molecule has 7 heteroatoms. The van der Waals surface area contributed by atoms with Crippen LogP contribution in [0.4, 0.5) is 5.00 Å². The lowest BCUT2D eigenvalue weighted by Crippen LogP contribution is -2.00. The average Bonchev–Trinajstić information content (AvgIpc) is 3.08. The molecule has 0 spiro atoms. The van der Waals surface area contributed by atoms with Gasteiger partial charge in [-0.05, 0) is 31.2 Å². The molecular formula is C13H15N5S2. The zero-order valence-electron chi connectivity index (χ0n) is 11.2. The van der Waals surface area contributed by atoms with E-state index < -0.39 is 0 Å². The van der Waals surface area contributed by atoms with Crippen LogP contribution in [0.25, 0.3) is 15.5 Å². The lowest BCUT2D eigenvalue weighted by atomic mass is 9.96. The molecule has 3 aromatic rings. The minimum atomic E-state index is 0.835. The number of anilines is 1. The van der Waals surface area contributed by atoms with Crippen LogP contribution >= 0.6 is 22.7 Å². The Morgan fingerprint density at radius 2 is 2.05 bits per heavy atom. The van der Waals surface area contributed by atoms with Gasteiger partial charge in [0.15, 0.2) is 10.8 Å². The second-order valence-electron chi connectivity index (χ2n) is 5.02. The second kappa shape index (κ2) is 4.53. The van der Waals surface area contributed by atoms with Crippen molar-refractivity contribution in [3.63, 3.8) is 0 Å². The highest BCUT2D eigenvalue weighted by Crippen LogP contribution is 2.43. The highest BCUT2D eigenvalue weighted by Gasteiger charge is 2.23. The van der Waals surface area contributed by atoms with E-state index in [0.717, 1.165) is 45.6 Å². The molecule has 0 bridgehead atoms. The number of fused-ring (bicyclic) bond motifs is 2. The van der Waals surface area contributed by atoms with E-state index in [2.05, 4.69) is 17.1 Å². The SMILES string of the molecule is CCc1nnc2sc(-c3c(N)sc4c3CCCC4)nn12. The molecule has 20 heavy (non-hydrogen) atoms. The van der Waals surface area contributed by atoms with Crippen LogP contribution in [0.1, 0.15) is 36.0 Å². The van der Waals surface area contributed by atoms with Crippen LogP contribution in [0.15, 0.2) is 0 Å². The number of aromatic nitrogens is 4. The van der Waals surface area contributed by atoms with Gasteiger partial charge in [0.05, 0.1) is 10.6 Å². The van der Waals surface area contributed by atoms with Gasteiger partial charge in [0.25, 0.3) is 0 Å². The van der Waals surface area contributed by atoms with Gasteiger partial charge in [-0.15, -0.1) is 21.5 Å². The minimum Gasteiger partial charge on any atom is -0.390 e. The smallest absolute Gasteiger partial charge is 0.234 e. The van der Waals surface area contributed by atoms with Crippen molar-refractivity contribution in [2.75, 3.05) is 5.73 Å². The van der Waals surface area contributed by atoms with E-state index in [1.54, 1.807) is 22.7 Å². The van der Waals surface area contributed by atoms with E-state index in [9.17, 15) is 0 Å². The number of rotatable bonds is 2. The first-order valence-electron chi connectivity index (χ1n) is 6.89. The van der Waals surface area contributed by atoms with E-state index in [1.165, 1.54) is 23.3 Å². The first-order chi connectivity index (χ1) is 9.78. The molecule has 0 aliphatic heterocycles. The second-order valence-corrected chi connectivity index (χ2v) is 7.11. The summed E-state index contributed by atoms with van der Waals surface area (Å²) in [6.45, 7) is 2.07. The molecule has 2 N–H and O–H groups in total. The number of hydrogen-bond donors (Lipinski definition) is 1. The Morgan fingerprint density at radius 3 is 2.90 bits per heavy atom. The Morgan fingerprint density at radius 1 is 1.20 bits per heavy atom. The zero-order valence-corrected chi connectivity index (χ0v) is 12.9. The van der Waals surface area contributed by atoms with Gasteiger partial charge in [0.2, 0.25) is 4.96 Å². The fraction of sp³-hybridized carbons (Fsp3) is 0.462. The largest absolute Gasteiger partial charge is 0.390 e. The van der Waals surface area contributed by atoms with E-state index in [-0.39, 0.29) is 0 Å². The maximum absolute atomic E-state index is 6.25. The Hall–Kier alpha value is -1.47. The number of hydrogen-bond acceptors (Lipinski definition) is 6. The first-order valence-corrected chi connectivity index (χ1v) is 8.52. The van der Waals surface area contributed by atoms with Crippen molar-refractivity contribution in [2.45, 2.75) is 39.0 Å². The van der Waals surface area contributed by atoms with Crippen molar-refractivity contribution >= 4 is 32.6 Å². The number of thiophene rings is 1. The summed E-state index contributed by atoms with van der Waals surface area (Å²) in [5, 5.41) is 14.9. The number of nitrogens with zero attached hydrogens (tertiary/aromatic N) is 4. The van der Waals surface area contributed by atoms with Gasteiger partial charge in [0, 0.05) is 11.3 Å². The van der Waals surface area contributed by atoms with Crippen molar-refractivity contribution < 1.29 is 0 Å². The van der Waals surface area contributed by atoms with Gasteiger partial charge in [-0.25, -0.2) is 0 Å². The summed E-state index contributed by atoms with van der Waals surface area (Å²) in [5.41, 5.74) is 8.83. The molecule has 3 heterocycles.